The zero-order chi connectivity index (χ0) is 16.5. The highest BCUT2D eigenvalue weighted by molar-refractivity contribution is 6.52. The monoisotopic (exact) mass is 316 g/mol. The lowest BCUT2D eigenvalue weighted by molar-refractivity contribution is 0.00578. The molecule has 0 aromatic carbocycles. The molecule has 2 fully saturated rings. The maximum atomic E-state index is 5.95. The van der Waals surface area contributed by atoms with E-state index in [0.717, 1.165) is 37.7 Å². The summed E-state index contributed by atoms with van der Waals surface area (Å²) in [6, 6.07) is 4.12. The standard InChI is InChI=1S/C17H25BN2O3/c1-16(2)17(3,4)23-18(22-16)8-7-14-5-6-15(19-13-14)20-9-11-21-12-10-20/h5-8,13H,9-12H2,1-4H3/b8-7+. The number of pyridine rings is 1. The van der Waals surface area contributed by atoms with E-state index in [-0.39, 0.29) is 18.3 Å². The number of ether oxygens (including phenoxy) is 1. The minimum absolute atomic E-state index is 0.305. The molecule has 0 amide bonds. The predicted octanol–water partition coefficient (Wildman–Crippen LogP) is 2.56. The van der Waals surface area contributed by atoms with Crippen LogP contribution in [0.3, 0.4) is 0 Å². The lowest BCUT2D eigenvalue weighted by Crippen LogP contribution is -2.41. The highest BCUT2D eigenvalue weighted by atomic mass is 16.7. The van der Waals surface area contributed by atoms with Crippen molar-refractivity contribution in [3.63, 3.8) is 0 Å². The van der Waals surface area contributed by atoms with Gasteiger partial charge in [-0.15, -0.1) is 0 Å². The van der Waals surface area contributed by atoms with Gasteiger partial charge in [-0.25, -0.2) is 4.98 Å². The summed E-state index contributed by atoms with van der Waals surface area (Å²) in [6.45, 7) is 11.6. The molecule has 0 radical (unpaired) electrons. The van der Waals surface area contributed by atoms with E-state index in [4.69, 9.17) is 14.0 Å². The maximum absolute atomic E-state index is 5.95. The van der Waals surface area contributed by atoms with E-state index in [1.807, 2.05) is 18.2 Å². The van der Waals surface area contributed by atoms with Gasteiger partial charge in [0, 0.05) is 19.3 Å². The van der Waals surface area contributed by atoms with E-state index < -0.39 is 0 Å². The first-order valence-corrected chi connectivity index (χ1v) is 8.20. The van der Waals surface area contributed by atoms with Crippen LogP contribution in [0.2, 0.25) is 0 Å². The number of morpholine rings is 1. The second kappa shape index (κ2) is 6.26. The molecular weight excluding hydrogens is 291 g/mol. The normalized spacial score (nSPS) is 23.7. The van der Waals surface area contributed by atoms with Crippen LogP contribution in [0.25, 0.3) is 6.08 Å². The fourth-order valence-corrected chi connectivity index (χ4v) is 2.63. The maximum Gasteiger partial charge on any atom is 0.487 e. The number of hydrogen-bond acceptors (Lipinski definition) is 5. The Morgan fingerprint density at radius 2 is 1.74 bits per heavy atom. The zero-order valence-electron chi connectivity index (χ0n) is 14.4. The molecule has 0 N–H and O–H groups in total. The third-order valence-corrected chi connectivity index (χ3v) is 4.82. The molecule has 0 bridgehead atoms. The second-order valence-electron chi connectivity index (χ2n) is 7.03. The first-order valence-electron chi connectivity index (χ1n) is 8.20. The van der Waals surface area contributed by atoms with Crippen molar-refractivity contribution in [2.75, 3.05) is 31.2 Å². The van der Waals surface area contributed by atoms with Gasteiger partial charge in [-0.05, 0) is 45.4 Å². The third-order valence-electron chi connectivity index (χ3n) is 4.82. The molecule has 23 heavy (non-hydrogen) atoms. The third kappa shape index (κ3) is 3.60. The molecule has 0 saturated carbocycles. The summed E-state index contributed by atoms with van der Waals surface area (Å²) in [5, 5.41) is 0. The lowest BCUT2D eigenvalue weighted by Gasteiger charge is -2.32. The Labute approximate surface area is 138 Å². The van der Waals surface area contributed by atoms with E-state index in [0.29, 0.717) is 0 Å². The fourth-order valence-electron chi connectivity index (χ4n) is 2.63. The minimum atomic E-state index is -0.320. The van der Waals surface area contributed by atoms with Gasteiger partial charge in [-0.1, -0.05) is 12.1 Å². The van der Waals surface area contributed by atoms with Crippen LogP contribution in [-0.2, 0) is 14.0 Å². The fraction of sp³-hybridized carbons (Fsp3) is 0.588. The molecule has 3 heterocycles. The molecule has 1 aromatic heterocycles. The summed E-state index contributed by atoms with van der Waals surface area (Å²) in [6.07, 6.45) is 3.88. The molecule has 3 rings (SSSR count). The van der Waals surface area contributed by atoms with Crippen molar-refractivity contribution in [1.82, 2.24) is 4.98 Å². The van der Waals surface area contributed by atoms with Crippen LogP contribution in [0.5, 0.6) is 0 Å². The average molecular weight is 316 g/mol. The topological polar surface area (TPSA) is 43.8 Å². The quantitative estimate of drug-likeness (QED) is 0.802. The van der Waals surface area contributed by atoms with Gasteiger partial charge in [-0.2, -0.15) is 0 Å². The summed E-state index contributed by atoms with van der Waals surface area (Å²) in [4.78, 5) is 6.78. The van der Waals surface area contributed by atoms with Gasteiger partial charge in [0.15, 0.2) is 0 Å². The van der Waals surface area contributed by atoms with Crippen LogP contribution in [-0.4, -0.2) is 49.6 Å². The second-order valence-corrected chi connectivity index (χ2v) is 7.03. The molecule has 1 aromatic rings. The number of rotatable bonds is 3. The Hall–Kier alpha value is -1.37. The Morgan fingerprint density at radius 3 is 2.30 bits per heavy atom. The van der Waals surface area contributed by atoms with Crippen molar-refractivity contribution in [1.29, 1.82) is 0 Å². The molecule has 0 spiro atoms. The van der Waals surface area contributed by atoms with Crippen LogP contribution < -0.4 is 4.90 Å². The molecule has 0 aliphatic carbocycles. The first kappa shape index (κ1) is 16.5. The van der Waals surface area contributed by atoms with E-state index in [1.54, 1.807) is 0 Å². The summed E-state index contributed by atoms with van der Waals surface area (Å²) in [5.41, 5.74) is 0.428. The molecule has 0 atom stereocenters. The lowest BCUT2D eigenvalue weighted by atomic mass is 9.89. The average Bonchev–Trinajstić information content (AvgIpc) is 2.74. The number of nitrogens with zero attached hydrogens (tertiary/aromatic N) is 2. The Bertz CT molecular complexity index is 550. The number of hydrogen-bond donors (Lipinski definition) is 0. The van der Waals surface area contributed by atoms with Crippen molar-refractivity contribution in [2.24, 2.45) is 0 Å². The Balaban J connectivity index is 1.62. The number of anilines is 1. The smallest absolute Gasteiger partial charge is 0.400 e. The molecule has 0 unspecified atom stereocenters. The SMILES string of the molecule is CC1(C)OB(/C=C/c2ccc(N3CCOCC3)nc2)OC1(C)C. The highest BCUT2D eigenvalue weighted by Gasteiger charge is 2.49. The van der Waals surface area contributed by atoms with E-state index in [1.165, 1.54) is 0 Å². The number of aromatic nitrogens is 1. The highest BCUT2D eigenvalue weighted by Crippen LogP contribution is 2.37. The van der Waals surface area contributed by atoms with Crippen molar-refractivity contribution in [2.45, 2.75) is 38.9 Å². The predicted molar refractivity (Wildman–Crippen MR) is 92.4 cm³/mol. The Morgan fingerprint density at radius 1 is 1.09 bits per heavy atom. The van der Waals surface area contributed by atoms with Gasteiger partial charge in [-0.3, -0.25) is 0 Å². The zero-order valence-corrected chi connectivity index (χ0v) is 14.4. The molecule has 124 valence electrons. The van der Waals surface area contributed by atoms with Crippen molar-refractivity contribution in [3.05, 3.63) is 29.9 Å². The first-order chi connectivity index (χ1) is 10.9. The van der Waals surface area contributed by atoms with Gasteiger partial charge in [0.2, 0.25) is 0 Å². The van der Waals surface area contributed by atoms with Crippen LogP contribution in [0, 0.1) is 0 Å². The molecule has 5 nitrogen and oxygen atoms in total. The van der Waals surface area contributed by atoms with Gasteiger partial charge in [0.1, 0.15) is 5.82 Å². The van der Waals surface area contributed by atoms with Crippen molar-refractivity contribution in [3.8, 4) is 0 Å². The summed E-state index contributed by atoms with van der Waals surface area (Å²) < 4.78 is 17.3. The van der Waals surface area contributed by atoms with Crippen molar-refractivity contribution >= 4 is 19.0 Å². The molecule has 2 saturated heterocycles. The van der Waals surface area contributed by atoms with Gasteiger partial charge in [0.25, 0.3) is 0 Å². The minimum Gasteiger partial charge on any atom is -0.400 e. The largest absolute Gasteiger partial charge is 0.487 e. The molecule has 2 aliphatic rings. The van der Waals surface area contributed by atoms with Crippen LogP contribution in [0.4, 0.5) is 5.82 Å². The van der Waals surface area contributed by atoms with Gasteiger partial charge >= 0.3 is 7.12 Å². The molecule has 2 aliphatic heterocycles. The Kier molecular flexibility index (Phi) is 4.49. The van der Waals surface area contributed by atoms with Gasteiger partial charge < -0.3 is 18.9 Å². The van der Waals surface area contributed by atoms with E-state index >= 15 is 0 Å². The van der Waals surface area contributed by atoms with Crippen LogP contribution >= 0.6 is 0 Å². The summed E-state index contributed by atoms with van der Waals surface area (Å²) >= 11 is 0. The molecular formula is C17H25BN2O3. The van der Waals surface area contributed by atoms with Crippen molar-refractivity contribution < 1.29 is 14.0 Å². The van der Waals surface area contributed by atoms with Gasteiger partial charge in [0.05, 0.1) is 24.4 Å². The van der Waals surface area contributed by atoms with E-state index in [2.05, 4.69) is 49.7 Å². The summed E-state index contributed by atoms with van der Waals surface area (Å²) in [7, 11) is -0.320. The van der Waals surface area contributed by atoms with Crippen LogP contribution in [0.1, 0.15) is 33.3 Å². The van der Waals surface area contributed by atoms with Crippen LogP contribution in [0.15, 0.2) is 24.3 Å². The summed E-state index contributed by atoms with van der Waals surface area (Å²) in [5.74, 6) is 2.95. The molecule has 6 heteroatoms. The van der Waals surface area contributed by atoms with E-state index in [9.17, 15) is 0 Å².